The number of halogens is 1. The second kappa shape index (κ2) is 7.81. The molecule has 0 fully saturated rings. The van der Waals surface area contributed by atoms with E-state index in [0.717, 1.165) is 5.56 Å². The number of ether oxygens (including phenoxy) is 1. The minimum atomic E-state index is -1.05. The summed E-state index contributed by atoms with van der Waals surface area (Å²) in [5.41, 5.74) is 1.25. The number of hydrogen-bond donors (Lipinski definition) is 1. The van der Waals surface area contributed by atoms with Gasteiger partial charge in [-0.3, -0.25) is 9.00 Å². The molecule has 1 unspecified atom stereocenters. The van der Waals surface area contributed by atoms with E-state index in [1.54, 1.807) is 31.4 Å². The molecule has 1 rings (SSSR count). The van der Waals surface area contributed by atoms with Crippen molar-refractivity contribution in [3.8, 4) is 0 Å². The van der Waals surface area contributed by atoms with Gasteiger partial charge in [-0.05, 0) is 17.7 Å². The minimum absolute atomic E-state index is 0.365. The Balaban J connectivity index is 2.64. The highest BCUT2D eigenvalue weighted by Crippen LogP contribution is 2.13. The Bertz CT molecular complexity index is 491. The van der Waals surface area contributed by atoms with Crippen molar-refractivity contribution in [1.29, 1.82) is 0 Å². The second-order valence-corrected chi connectivity index (χ2v) is 5.42. The molecule has 1 aromatic rings. The summed E-state index contributed by atoms with van der Waals surface area (Å²) in [4.78, 5) is 11.1. The van der Waals surface area contributed by atoms with E-state index in [1.807, 2.05) is 0 Å². The maximum absolute atomic E-state index is 12.6. The van der Waals surface area contributed by atoms with Crippen molar-refractivity contribution in [2.45, 2.75) is 5.75 Å². The zero-order valence-corrected chi connectivity index (χ0v) is 11.5. The van der Waals surface area contributed by atoms with E-state index >= 15 is 0 Å². The van der Waals surface area contributed by atoms with Crippen molar-refractivity contribution < 1.29 is 18.1 Å². The van der Waals surface area contributed by atoms with E-state index in [-0.39, 0.29) is 0 Å². The lowest BCUT2D eigenvalue weighted by Crippen LogP contribution is -2.11. The molecule has 0 heterocycles. The number of amides is 1. The molecule has 19 heavy (non-hydrogen) atoms. The van der Waals surface area contributed by atoms with Gasteiger partial charge in [-0.1, -0.05) is 18.7 Å². The molecule has 104 valence electrons. The lowest BCUT2D eigenvalue weighted by molar-refractivity contribution is -0.114. The van der Waals surface area contributed by atoms with Crippen molar-refractivity contribution in [3.05, 3.63) is 42.2 Å². The normalized spacial score (nSPS) is 11.9. The van der Waals surface area contributed by atoms with Crippen molar-refractivity contribution in [3.63, 3.8) is 0 Å². The van der Waals surface area contributed by atoms with E-state index < -0.39 is 22.5 Å². The largest absolute Gasteiger partial charge is 0.384 e. The molecule has 0 aliphatic carbocycles. The molecule has 4 nitrogen and oxygen atoms in total. The van der Waals surface area contributed by atoms with Crippen LogP contribution in [0.15, 0.2) is 36.7 Å². The summed E-state index contributed by atoms with van der Waals surface area (Å²) in [5, 5.41) is 2.36. The summed E-state index contributed by atoms with van der Waals surface area (Å²) in [6.45, 7) is 3.35. The maximum Gasteiger partial charge on any atom is 0.283 e. The van der Waals surface area contributed by atoms with Gasteiger partial charge in [-0.15, -0.1) is 0 Å². The number of hydrogen-bond acceptors (Lipinski definition) is 3. The molecular formula is C13H16FNO3S. The number of anilines is 1. The van der Waals surface area contributed by atoms with Crippen LogP contribution in [-0.2, 0) is 26.1 Å². The minimum Gasteiger partial charge on any atom is -0.384 e. The van der Waals surface area contributed by atoms with E-state index in [9.17, 15) is 13.4 Å². The number of rotatable bonds is 7. The predicted molar refractivity (Wildman–Crippen MR) is 73.9 cm³/mol. The van der Waals surface area contributed by atoms with Crippen LogP contribution in [0.2, 0.25) is 0 Å². The van der Waals surface area contributed by atoms with Crippen molar-refractivity contribution in [2.75, 3.05) is 24.8 Å². The third-order valence-electron chi connectivity index (χ3n) is 2.27. The summed E-state index contributed by atoms with van der Waals surface area (Å²) in [6, 6.07) is 6.79. The smallest absolute Gasteiger partial charge is 0.283 e. The highest BCUT2D eigenvalue weighted by molar-refractivity contribution is 7.84. The summed E-state index contributed by atoms with van der Waals surface area (Å²) in [6.07, 6.45) is 0. The average Bonchev–Trinajstić information content (AvgIpc) is 2.36. The zero-order valence-electron chi connectivity index (χ0n) is 10.6. The van der Waals surface area contributed by atoms with Crippen LogP contribution in [0.4, 0.5) is 10.1 Å². The Kier molecular flexibility index (Phi) is 6.38. The lowest BCUT2D eigenvalue weighted by atomic mass is 10.2. The zero-order chi connectivity index (χ0) is 14.3. The maximum atomic E-state index is 12.6. The Labute approximate surface area is 114 Å². The quantitative estimate of drug-likeness (QED) is 0.780. The van der Waals surface area contributed by atoms with E-state index in [2.05, 4.69) is 11.9 Å². The van der Waals surface area contributed by atoms with Gasteiger partial charge in [-0.2, -0.15) is 0 Å². The van der Waals surface area contributed by atoms with Gasteiger partial charge in [0.2, 0.25) is 0 Å². The molecule has 0 aliphatic rings. The van der Waals surface area contributed by atoms with Gasteiger partial charge in [0, 0.05) is 35.1 Å². The van der Waals surface area contributed by atoms with E-state index in [1.165, 1.54) is 0 Å². The van der Waals surface area contributed by atoms with Crippen LogP contribution < -0.4 is 5.32 Å². The fraction of sp³-hybridized carbons (Fsp3) is 0.308. The number of carbonyl (C=O) groups is 1. The molecule has 0 radical (unpaired) electrons. The highest BCUT2D eigenvalue weighted by atomic mass is 32.2. The van der Waals surface area contributed by atoms with Crippen molar-refractivity contribution in [1.82, 2.24) is 0 Å². The molecule has 1 N–H and O–H groups in total. The van der Waals surface area contributed by atoms with Crippen molar-refractivity contribution >= 4 is 22.4 Å². The fourth-order valence-electron chi connectivity index (χ4n) is 1.37. The van der Waals surface area contributed by atoms with Crippen LogP contribution in [0.25, 0.3) is 0 Å². The monoisotopic (exact) mass is 285 g/mol. The number of benzene rings is 1. The molecule has 0 bridgehead atoms. The van der Waals surface area contributed by atoms with Gasteiger partial charge in [0.25, 0.3) is 5.91 Å². The highest BCUT2D eigenvalue weighted by Gasteiger charge is 2.07. The molecule has 1 atom stereocenters. The van der Waals surface area contributed by atoms with Gasteiger partial charge < -0.3 is 10.1 Å². The van der Waals surface area contributed by atoms with Crippen LogP contribution in [0.1, 0.15) is 5.56 Å². The van der Waals surface area contributed by atoms with Gasteiger partial charge in [-0.25, -0.2) is 4.39 Å². The second-order valence-electron chi connectivity index (χ2n) is 3.84. The third kappa shape index (κ3) is 5.76. The van der Waals surface area contributed by atoms with Gasteiger partial charge >= 0.3 is 0 Å². The Hall–Kier alpha value is -1.53. The molecule has 6 heteroatoms. The molecular weight excluding hydrogens is 269 g/mol. The summed E-state index contributed by atoms with van der Waals surface area (Å²) in [7, 11) is 0.523. The van der Waals surface area contributed by atoms with Crippen LogP contribution >= 0.6 is 0 Å². The van der Waals surface area contributed by atoms with Crippen LogP contribution in [0.3, 0.4) is 0 Å². The first-order valence-corrected chi connectivity index (χ1v) is 7.10. The lowest BCUT2D eigenvalue weighted by Gasteiger charge is -2.06. The van der Waals surface area contributed by atoms with Crippen molar-refractivity contribution in [2.24, 2.45) is 0 Å². The SMILES string of the molecule is C=C(F)C(=O)Nc1cccc(CS(=O)CCOC)c1. The first-order chi connectivity index (χ1) is 9.02. The van der Waals surface area contributed by atoms with Gasteiger partial charge in [0.15, 0.2) is 5.83 Å². The van der Waals surface area contributed by atoms with Crippen LogP contribution in [-0.4, -0.2) is 29.6 Å². The topological polar surface area (TPSA) is 55.4 Å². The predicted octanol–water partition coefficient (Wildman–Crippen LogP) is 2.00. The van der Waals surface area contributed by atoms with Crippen LogP contribution in [0.5, 0.6) is 0 Å². The molecule has 0 saturated carbocycles. The Morgan fingerprint density at radius 3 is 2.89 bits per heavy atom. The van der Waals surface area contributed by atoms with Gasteiger partial charge in [0.1, 0.15) is 0 Å². The Morgan fingerprint density at radius 2 is 2.26 bits per heavy atom. The summed E-state index contributed by atoms with van der Waals surface area (Å²) < 4.78 is 29.1. The van der Waals surface area contributed by atoms with E-state index in [4.69, 9.17) is 4.74 Å². The molecule has 1 amide bonds. The number of methoxy groups -OCH3 is 1. The summed E-state index contributed by atoms with van der Waals surface area (Å²) in [5.74, 6) is -1.11. The average molecular weight is 285 g/mol. The first-order valence-electron chi connectivity index (χ1n) is 5.61. The summed E-state index contributed by atoms with van der Waals surface area (Å²) >= 11 is 0. The molecule has 1 aromatic carbocycles. The van der Waals surface area contributed by atoms with E-state index in [0.29, 0.717) is 23.8 Å². The number of carbonyl (C=O) groups excluding carboxylic acids is 1. The van der Waals surface area contributed by atoms with Crippen LogP contribution in [0, 0.1) is 0 Å². The molecule has 0 aliphatic heterocycles. The first kappa shape index (κ1) is 15.5. The molecule has 0 spiro atoms. The standard InChI is InChI=1S/C13H16FNO3S/c1-10(14)13(16)15-12-5-3-4-11(8-12)9-19(17)7-6-18-2/h3-5,8H,1,6-7,9H2,2H3,(H,15,16). The Morgan fingerprint density at radius 1 is 1.53 bits per heavy atom. The number of nitrogens with one attached hydrogen (secondary N) is 1. The molecule has 0 saturated heterocycles. The van der Waals surface area contributed by atoms with Gasteiger partial charge in [0.05, 0.1) is 6.61 Å². The fourth-order valence-corrected chi connectivity index (χ4v) is 2.42. The third-order valence-corrected chi connectivity index (χ3v) is 3.55. The molecule has 0 aromatic heterocycles.